The molecule has 3 aliphatic heterocycles. The second-order valence-corrected chi connectivity index (χ2v) is 12.0. The highest BCUT2D eigenvalue weighted by molar-refractivity contribution is 7.90. The van der Waals surface area contributed by atoms with E-state index in [4.69, 9.17) is 18.9 Å². The number of hydrogen-bond donors (Lipinski definition) is 2. The Balaban J connectivity index is 1.70. The predicted molar refractivity (Wildman–Crippen MR) is 125 cm³/mol. The molecule has 7 unspecified atom stereocenters. The quantitative estimate of drug-likeness (QED) is 0.486. The Labute approximate surface area is 203 Å². The summed E-state index contributed by atoms with van der Waals surface area (Å²) in [6.07, 6.45) is 2.85. The van der Waals surface area contributed by atoms with E-state index in [-0.39, 0.29) is 43.2 Å². The summed E-state index contributed by atoms with van der Waals surface area (Å²) < 4.78 is 53.5. The van der Waals surface area contributed by atoms with Gasteiger partial charge in [0.25, 0.3) is 0 Å². The molecule has 34 heavy (non-hydrogen) atoms. The number of sulfonamides is 1. The van der Waals surface area contributed by atoms with E-state index in [1.165, 1.54) is 0 Å². The van der Waals surface area contributed by atoms with Gasteiger partial charge in [-0.3, -0.25) is 0 Å². The van der Waals surface area contributed by atoms with Crippen LogP contribution in [0.2, 0.25) is 0 Å². The molecule has 0 amide bonds. The molecule has 12 heteroatoms. The smallest absolute Gasteiger partial charge is 0.221 e. The third-order valence-electron chi connectivity index (χ3n) is 8.05. The van der Waals surface area contributed by atoms with Gasteiger partial charge in [-0.1, -0.05) is 0 Å². The van der Waals surface area contributed by atoms with Crippen LogP contribution < -0.4 is 4.72 Å². The Bertz CT molecular complexity index is 777. The van der Waals surface area contributed by atoms with Crippen LogP contribution in [0, 0.1) is 0 Å². The van der Waals surface area contributed by atoms with Crippen molar-refractivity contribution in [1.82, 2.24) is 19.6 Å². The molecule has 0 aromatic rings. The molecule has 0 aromatic heterocycles. The van der Waals surface area contributed by atoms with Gasteiger partial charge in [-0.15, -0.1) is 0 Å². The van der Waals surface area contributed by atoms with Crippen LogP contribution in [0.5, 0.6) is 0 Å². The summed E-state index contributed by atoms with van der Waals surface area (Å²) in [6.45, 7) is 2.40. The van der Waals surface area contributed by atoms with Crippen LogP contribution in [0.4, 0.5) is 0 Å². The lowest BCUT2D eigenvalue weighted by molar-refractivity contribution is -0.130. The molecule has 4 rings (SSSR count). The molecule has 3 heterocycles. The predicted octanol–water partition coefficient (Wildman–Crippen LogP) is -0.0905. The first-order chi connectivity index (χ1) is 16.2. The van der Waals surface area contributed by atoms with Crippen molar-refractivity contribution in [3.05, 3.63) is 0 Å². The molecule has 3 saturated heterocycles. The summed E-state index contributed by atoms with van der Waals surface area (Å²) >= 11 is 0. The molecule has 0 radical (unpaired) electrons. The lowest BCUT2D eigenvalue weighted by Crippen LogP contribution is -2.65. The lowest BCUT2D eigenvalue weighted by Gasteiger charge is -2.47. The average molecular weight is 507 g/mol. The maximum absolute atomic E-state index is 13.5. The molecule has 1 aliphatic carbocycles. The molecule has 1 saturated carbocycles. The maximum Gasteiger partial charge on any atom is 0.221 e. The van der Waals surface area contributed by atoms with Crippen LogP contribution in [0.25, 0.3) is 0 Å². The van der Waals surface area contributed by atoms with Crippen LogP contribution in [-0.2, 0) is 29.0 Å². The topological polar surface area (TPSA) is 113 Å². The van der Waals surface area contributed by atoms with Gasteiger partial charge in [-0.2, -0.15) is 4.72 Å². The summed E-state index contributed by atoms with van der Waals surface area (Å²) in [5.74, 6) is 0. The van der Waals surface area contributed by atoms with Gasteiger partial charge in [-0.25, -0.2) is 23.3 Å². The fraction of sp³-hybridized carbons (Fsp3) is 1.00. The highest BCUT2D eigenvalue weighted by Crippen LogP contribution is 2.39. The van der Waals surface area contributed by atoms with Crippen molar-refractivity contribution >= 4 is 10.0 Å². The van der Waals surface area contributed by atoms with Crippen LogP contribution in [0.15, 0.2) is 0 Å². The molecule has 0 aromatic carbocycles. The first kappa shape index (κ1) is 26.6. The van der Waals surface area contributed by atoms with E-state index in [1.807, 2.05) is 19.1 Å². The molecule has 4 aliphatic rings. The third-order valence-corrected chi connectivity index (χ3v) is 9.83. The van der Waals surface area contributed by atoms with Gasteiger partial charge in [-0.05, 0) is 45.4 Å². The molecule has 198 valence electrons. The molecule has 0 spiro atoms. The number of nitrogens with one attached hydrogen (secondary N) is 1. The fourth-order valence-electron chi connectivity index (χ4n) is 6.08. The normalized spacial score (nSPS) is 43.5. The number of nitrogens with zero attached hydrogens (tertiary/aromatic N) is 3. The minimum Gasteiger partial charge on any atom is -0.392 e. The van der Waals surface area contributed by atoms with E-state index in [1.54, 1.807) is 14.2 Å². The summed E-state index contributed by atoms with van der Waals surface area (Å²) in [7, 11) is 3.34. The van der Waals surface area contributed by atoms with Gasteiger partial charge in [0.05, 0.1) is 43.2 Å². The number of aliphatic hydroxyl groups excluding tert-OH is 1. The largest absolute Gasteiger partial charge is 0.392 e. The van der Waals surface area contributed by atoms with E-state index in [0.717, 1.165) is 32.1 Å². The molecule has 0 bridgehead atoms. The van der Waals surface area contributed by atoms with E-state index < -0.39 is 27.7 Å². The molecular formula is C22H42N4O7S. The van der Waals surface area contributed by atoms with Crippen molar-refractivity contribution in [2.45, 2.75) is 99.7 Å². The lowest BCUT2D eigenvalue weighted by atomic mass is 9.87. The van der Waals surface area contributed by atoms with Crippen molar-refractivity contribution in [2.75, 3.05) is 41.5 Å². The third kappa shape index (κ3) is 5.04. The molecule has 2 N–H and O–H groups in total. The van der Waals surface area contributed by atoms with Crippen molar-refractivity contribution in [2.24, 2.45) is 0 Å². The maximum atomic E-state index is 13.5. The number of rotatable bonds is 7. The number of hydrazine groups is 1. The van der Waals surface area contributed by atoms with Gasteiger partial charge >= 0.3 is 0 Å². The zero-order valence-corrected chi connectivity index (χ0v) is 21.8. The van der Waals surface area contributed by atoms with E-state index in [2.05, 4.69) is 21.6 Å². The Morgan fingerprint density at radius 2 is 1.68 bits per heavy atom. The van der Waals surface area contributed by atoms with Crippen molar-refractivity contribution < 1.29 is 32.5 Å². The second kappa shape index (κ2) is 10.9. The summed E-state index contributed by atoms with van der Waals surface area (Å²) in [6, 6.07) is -0.180. The standard InChI is InChI=1S/C22H42N4O7S/c1-14-9-10-18(33-14)21-24(2)25(3)22(23-34(28,29)19-13-32-12-11-15(19)27)26(21)20-16(30-4)7-6-8-17(20)31-5/h14-23,27H,6-13H2,1-5H3/t14?,15-,16?,17?,18?,19?,20?,21?,22?/m1/s1. The number of methoxy groups -OCH3 is 2. The number of likely N-dealkylation sites (N-methyl/N-ethyl adjacent to an activating group) is 1. The average Bonchev–Trinajstić information content (AvgIpc) is 3.34. The molecule has 11 nitrogen and oxygen atoms in total. The van der Waals surface area contributed by atoms with Gasteiger partial charge in [0.2, 0.25) is 10.0 Å². The summed E-state index contributed by atoms with van der Waals surface area (Å²) in [5.41, 5.74) is 0. The minimum absolute atomic E-state index is 0.0275. The van der Waals surface area contributed by atoms with Crippen LogP contribution in [0.3, 0.4) is 0 Å². The van der Waals surface area contributed by atoms with Crippen molar-refractivity contribution in [3.8, 4) is 0 Å². The Morgan fingerprint density at radius 1 is 1.00 bits per heavy atom. The van der Waals surface area contributed by atoms with E-state index in [9.17, 15) is 13.5 Å². The van der Waals surface area contributed by atoms with Crippen LogP contribution in [0.1, 0.15) is 45.4 Å². The first-order valence-electron chi connectivity index (χ1n) is 12.4. The second-order valence-electron chi connectivity index (χ2n) is 10.0. The van der Waals surface area contributed by atoms with Gasteiger partial charge < -0.3 is 24.1 Å². The number of ether oxygens (including phenoxy) is 4. The molecular weight excluding hydrogens is 464 g/mol. The number of aliphatic hydroxyl groups is 1. The Hall–Kier alpha value is -0.410. The first-order valence-corrected chi connectivity index (χ1v) is 13.9. The Kier molecular flexibility index (Phi) is 8.55. The molecule has 4 fully saturated rings. The van der Waals surface area contributed by atoms with Crippen LogP contribution >= 0.6 is 0 Å². The fourth-order valence-corrected chi connectivity index (χ4v) is 7.65. The zero-order valence-electron chi connectivity index (χ0n) is 21.0. The Morgan fingerprint density at radius 3 is 2.24 bits per heavy atom. The monoisotopic (exact) mass is 506 g/mol. The minimum atomic E-state index is -3.91. The SMILES string of the molecule is COC1CCCC(OC)C1N1C(NS(=O)(=O)C2COCC[C@H]2O)N(C)N(C)C1C1CCC(C)O1. The van der Waals surface area contributed by atoms with Crippen molar-refractivity contribution in [1.29, 1.82) is 0 Å². The van der Waals surface area contributed by atoms with Gasteiger partial charge in [0, 0.05) is 34.9 Å². The highest BCUT2D eigenvalue weighted by atomic mass is 32.2. The highest BCUT2D eigenvalue weighted by Gasteiger charge is 2.55. The van der Waals surface area contributed by atoms with E-state index in [0.29, 0.717) is 13.0 Å². The molecule has 8 atom stereocenters. The summed E-state index contributed by atoms with van der Waals surface area (Å²) in [5, 5.41) is 13.4. The van der Waals surface area contributed by atoms with Crippen LogP contribution in [-0.4, -0.2) is 124 Å². The zero-order chi connectivity index (χ0) is 24.6. The summed E-state index contributed by atoms with van der Waals surface area (Å²) in [4.78, 5) is 2.18. The van der Waals surface area contributed by atoms with Gasteiger partial charge in [0.1, 0.15) is 17.7 Å². The van der Waals surface area contributed by atoms with Gasteiger partial charge in [0.15, 0.2) is 0 Å². The number of hydrogen-bond acceptors (Lipinski definition) is 10. The van der Waals surface area contributed by atoms with Crippen molar-refractivity contribution in [3.63, 3.8) is 0 Å². The van der Waals surface area contributed by atoms with E-state index >= 15 is 0 Å².